The van der Waals surface area contributed by atoms with Gasteiger partial charge in [0.2, 0.25) is 5.95 Å². The Morgan fingerprint density at radius 3 is 2.62 bits per heavy atom. The summed E-state index contributed by atoms with van der Waals surface area (Å²) in [6.45, 7) is 0.351. The summed E-state index contributed by atoms with van der Waals surface area (Å²) in [5, 5.41) is 6.09. The highest BCUT2D eigenvalue weighted by Crippen LogP contribution is 1.88. The van der Waals surface area contributed by atoms with Crippen molar-refractivity contribution in [1.29, 1.82) is 0 Å². The summed E-state index contributed by atoms with van der Waals surface area (Å²) in [7, 11) is 0. The number of aromatic amines is 1. The third kappa shape index (κ3) is 0.760. The fourth-order valence-corrected chi connectivity index (χ4v) is 0.401. The minimum Gasteiger partial charge on any atom is -0.367 e. The maximum atomic E-state index is 5.17. The van der Waals surface area contributed by atoms with Gasteiger partial charge in [-0.3, -0.25) is 5.10 Å². The Morgan fingerprint density at radius 2 is 2.38 bits per heavy atom. The van der Waals surface area contributed by atoms with Gasteiger partial charge in [0.1, 0.15) is 5.82 Å². The van der Waals surface area contributed by atoms with Crippen LogP contribution in [0.3, 0.4) is 0 Å². The standard InChI is InChI=1S/C3H7N5/c4-1-2-6-3(5)8-7-2/h1,4H2,(H3,5,6,7,8). The highest BCUT2D eigenvalue weighted by Gasteiger charge is 1.92. The molecule has 0 bridgehead atoms. The van der Waals surface area contributed by atoms with Gasteiger partial charge in [-0.1, -0.05) is 0 Å². The molecule has 0 atom stereocenters. The lowest BCUT2D eigenvalue weighted by atomic mass is 10.6. The highest BCUT2D eigenvalue weighted by atomic mass is 15.3. The van der Waals surface area contributed by atoms with Gasteiger partial charge in [-0.2, -0.15) is 4.98 Å². The predicted molar refractivity (Wildman–Crippen MR) is 28.7 cm³/mol. The molecule has 1 heterocycles. The van der Waals surface area contributed by atoms with E-state index in [4.69, 9.17) is 11.5 Å². The Bertz CT molecular complexity index is 168. The molecule has 44 valence electrons. The van der Waals surface area contributed by atoms with Gasteiger partial charge in [0.25, 0.3) is 0 Å². The van der Waals surface area contributed by atoms with Gasteiger partial charge < -0.3 is 11.5 Å². The van der Waals surface area contributed by atoms with E-state index in [9.17, 15) is 0 Å². The van der Waals surface area contributed by atoms with Crippen molar-refractivity contribution in [3.63, 3.8) is 0 Å². The lowest BCUT2D eigenvalue weighted by Gasteiger charge is -1.78. The van der Waals surface area contributed by atoms with Crippen molar-refractivity contribution in [2.24, 2.45) is 5.73 Å². The van der Waals surface area contributed by atoms with Crippen LogP contribution in [0.5, 0.6) is 0 Å². The monoisotopic (exact) mass is 113 g/mol. The molecule has 0 saturated carbocycles. The van der Waals surface area contributed by atoms with Crippen molar-refractivity contribution in [3.8, 4) is 0 Å². The van der Waals surface area contributed by atoms with E-state index in [1.165, 1.54) is 0 Å². The molecular weight excluding hydrogens is 106 g/mol. The molecule has 0 unspecified atom stereocenters. The van der Waals surface area contributed by atoms with Crippen molar-refractivity contribution in [2.45, 2.75) is 6.54 Å². The first-order valence-corrected chi connectivity index (χ1v) is 2.19. The van der Waals surface area contributed by atoms with E-state index >= 15 is 0 Å². The summed E-state index contributed by atoms with van der Waals surface area (Å²) in [4.78, 5) is 3.72. The van der Waals surface area contributed by atoms with Gasteiger partial charge in [0.05, 0.1) is 6.54 Å². The maximum Gasteiger partial charge on any atom is 0.239 e. The maximum absolute atomic E-state index is 5.17. The second-order valence-electron chi connectivity index (χ2n) is 1.34. The van der Waals surface area contributed by atoms with E-state index in [1.54, 1.807) is 0 Å². The summed E-state index contributed by atoms with van der Waals surface area (Å²) in [5.74, 6) is 0.855. The molecular formula is C3H7N5. The Morgan fingerprint density at radius 1 is 1.62 bits per heavy atom. The van der Waals surface area contributed by atoms with Gasteiger partial charge in [0, 0.05) is 0 Å². The largest absolute Gasteiger partial charge is 0.367 e. The summed E-state index contributed by atoms with van der Waals surface area (Å²) >= 11 is 0. The van der Waals surface area contributed by atoms with Crippen LogP contribution in [-0.2, 0) is 6.54 Å². The molecule has 0 aliphatic rings. The van der Waals surface area contributed by atoms with E-state index in [-0.39, 0.29) is 5.95 Å². The first-order valence-electron chi connectivity index (χ1n) is 2.19. The summed E-state index contributed by atoms with van der Waals surface area (Å²) in [5.41, 5.74) is 10.3. The number of H-pyrrole nitrogens is 1. The van der Waals surface area contributed by atoms with E-state index in [0.29, 0.717) is 12.4 Å². The molecule has 0 aliphatic carbocycles. The van der Waals surface area contributed by atoms with Crippen molar-refractivity contribution < 1.29 is 0 Å². The Hall–Kier alpha value is -1.10. The quantitative estimate of drug-likeness (QED) is 0.428. The van der Waals surface area contributed by atoms with Crippen LogP contribution in [0.25, 0.3) is 0 Å². The van der Waals surface area contributed by atoms with Crippen LogP contribution in [0.4, 0.5) is 5.95 Å². The third-order valence-electron chi connectivity index (χ3n) is 0.742. The highest BCUT2D eigenvalue weighted by molar-refractivity contribution is 5.12. The van der Waals surface area contributed by atoms with E-state index < -0.39 is 0 Å². The van der Waals surface area contributed by atoms with E-state index in [1.807, 2.05) is 0 Å². The molecule has 0 amide bonds. The molecule has 0 saturated heterocycles. The molecule has 0 radical (unpaired) electrons. The summed E-state index contributed by atoms with van der Waals surface area (Å²) in [6.07, 6.45) is 0. The fourth-order valence-electron chi connectivity index (χ4n) is 0.401. The Labute approximate surface area is 46.1 Å². The number of hydrogen-bond acceptors (Lipinski definition) is 4. The minimum atomic E-state index is 0.241. The minimum absolute atomic E-state index is 0.241. The van der Waals surface area contributed by atoms with Crippen LogP contribution in [0.15, 0.2) is 0 Å². The molecule has 8 heavy (non-hydrogen) atoms. The summed E-state index contributed by atoms with van der Waals surface area (Å²) in [6, 6.07) is 0. The van der Waals surface area contributed by atoms with Gasteiger partial charge in [0.15, 0.2) is 0 Å². The number of rotatable bonds is 1. The zero-order valence-electron chi connectivity index (χ0n) is 4.26. The third-order valence-corrected chi connectivity index (χ3v) is 0.742. The average molecular weight is 113 g/mol. The predicted octanol–water partition coefficient (Wildman–Crippen LogP) is -1.15. The van der Waals surface area contributed by atoms with Gasteiger partial charge in [-0.25, -0.2) is 0 Å². The number of anilines is 1. The van der Waals surface area contributed by atoms with Crippen LogP contribution in [0, 0.1) is 0 Å². The van der Waals surface area contributed by atoms with Crippen LogP contribution >= 0.6 is 0 Å². The lowest BCUT2D eigenvalue weighted by Crippen LogP contribution is -1.98. The van der Waals surface area contributed by atoms with Crippen molar-refractivity contribution in [3.05, 3.63) is 5.82 Å². The van der Waals surface area contributed by atoms with E-state index in [0.717, 1.165) is 0 Å². The number of nitrogens with zero attached hydrogens (tertiary/aromatic N) is 2. The van der Waals surface area contributed by atoms with Crippen LogP contribution in [0.2, 0.25) is 0 Å². The molecule has 0 fully saturated rings. The van der Waals surface area contributed by atoms with Crippen molar-refractivity contribution in [2.75, 3.05) is 5.73 Å². The zero-order chi connectivity index (χ0) is 5.98. The number of nitrogens with one attached hydrogen (secondary N) is 1. The normalized spacial score (nSPS) is 9.62. The molecule has 5 N–H and O–H groups in total. The Balaban J connectivity index is 2.84. The Kier molecular flexibility index (Phi) is 1.13. The second kappa shape index (κ2) is 1.79. The lowest BCUT2D eigenvalue weighted by molar-refractivity contribution is 0.917. The van der Waals surface area contributed by atoms with Crippen LogP contribution < -0.4 is 11.5 Å². The summed E-state index contributed by atoms with van der Waals surface area (Å²) < 4.78 is 0. The molecule has 0 spiro atoms. The first kappa shape index (κ1) is 5.04. The molecule has 5 nitrogen and oxygen atoms in total. The number of hydrogen-bond donors (Lipinski definition) is 3. The van der Waals surface area contributed by atoms with Crippen molar-refractivity contribution >= 4 is 5.95 Å². The molecule has 1 aromatic heterocycles. The fraction of sp³-hybridized carbons (Fsp3) is 0.333. The topological polar surface area (TPSA) is 93.6 Å². The molecule has 1 rings (SSSR count). The molecule has 1 aromatic rings. The number of nitrogens with two attached hydrogens (primary N) is 2. The molecule has 0 aromatic carbocycles. The van der Waals surface area contributed by atoms with Crippen LogP contribution in [-0.4, -0.2) is 15.2 Å². The molecule has 5 heteroatoms. The van der Waals surface area contributed by atoms with Gasteiger partial charge >= 0.3 is 0 Å². The average Bonchev–Trinajstić information content (AvgIpc) is 2.14. The SMILES string of the molecule is NCc1nc(N)n[nH]1. The number of aromatic nitrogens is 3. The van der Waals surface area contributed by atoms with Gasteiger partial charge in [-0.05, 0) is 0 Å². The number of nitrogen functional groups attached to an aromatic ring is 1. The molecule has 0 aliphatic heterocycles. The first-order chi connectivity index (χ1) is 3.83. The van der Waals surface area contributed by atoms with Gasteiger partial charge in [-0.15, -0.1) is 5.10 Å². The zero-order valence-corrected chi connectivity index (χ0v) is 4.26. The smallest absolute Gasteiger partial charge is 0.239 e. The van der Waals surface area contributed by atoms with Crippen LogP contribution in [0.1, 0.15) is 5.82 Å². The van der Waals surface area contributed by atoms with E-state index in [2.05, 4.69) is 15.2 Å². The second-order valence-corrected chi connectivity index (χ2v) is 1.34. The van der Waals surface area contributed by atoms with Crippen molar-refractivity contribution in [1.82, 2.24) is 15.2 Å².